The normalized spacial score (nSPS) is 9.76. The maximum Gasteiger partial charge on any atom is 0.319 e. The number of nitriles is 1. The van der Waals surface area contributed by atoms with Crippen LogP contribution in [0.2, 0.25) is 0 Å². The van der Waals surface area contributed by atoms with Gasteiger partial charge in [0.2, 0.25) is 0 Å². The molecular formula is C12H16N4O. The van der Waals surface area contributed by atoms with Crippen molar-refractivity contribution in [1.82, 2.24) is 10.2 Å². The highest BCUT2D eigenvalue weighted by Gasteiger charge is 2.01. The maximum absolute atomic E-state index is 11.5. The Balaban J connectivity index is 2.43. The average molecular weight is 232 g/mol. The van der Waals surface area contributed by atoms with Crippen molar-refractivity contribution in [2.45, 2.75) is 0 Å². The van der Waals surface area contributed by atoms with E-state index in [1.54, 1.807) is 24.3 Å². The molecule has 1 aromatic carbocycles. The van der Waals surface area contributed by atoms with E-state index in [0.717, 1.165) is 6.54 Å². The van der Waals surface area contributed by atoms with Gasteiger partial charge in [-0.25, -0.2) is 4.79 Å². The second kappa shape index (κ2) is 6.51. The third-order valence-corrected chi connectivity index (χ3v) is 2.09. The topological polar surface area (TPSA) is 68.2 Å². The van der Waals surface area contributed by atoms with E-state index in [4.69, 9.17) is 5.26 Å². The van der Waals surface area contributed by atoms with E-state index < -0.39 is 0 Å². The number of carbonyl (C=O) groups excluding carboxylic acids is 1. The van der Waals surface area contributed by atoms with Crippen molar-refractivity contribution < 1.29 is 4.79 Å². The van der Waals surface area contributed by atoms with Crippen LogP contribution in [0.3, 0.4) is 0 Å². The van der Waals surface area contributed by atoms with E-state index in [9.17, 15) is 4.79 Å². The molecule has 0 unspecified atom stereocenters. The second-order valence-electron chi connectivity index (χ2n) is 3.88. The lowest BCUT2D eigenvalue weighted by atomic mass is 10.2. The van der Waals surface area contributed by atoms with Gasteiger partial charge in [0.15, 0.2) is 0 Å². The van der Waals surface area contributed by atoms with Gasteiger partial charge < -0.3 is 15.5 Å². The lowest BCUT2D eigenvalue weighted by Gasteiger charge is -2.11. The zero-order valence-corrected chi connectivity index (χ0v) is 10.0. The van der Waals surface area contributed by atoms with Crippen LogP contribution in [0.15, 0.2) is 24.3 Å². The summed E-state index contributed by atoms with van der Waals surface area (Å²) >= 11 is 0. The van der Waals surface area contributed by atoms with Crippen molar-refractivity contribution in [2.75, 3.05) is 32.5 Å². The Morgan fingerprint density at radius 1 is 1.47 bits per heavy atom. The Kier molecular flexibility index (Phi) is 4.98. The number of nitrogens with one attached hydrogen (secondary N) is 2. The number of likely N-dealkylation sites (N-methyl/N-ethyl adjacent to an activating group) is 1. The minimum Gasteiger partial charge on any atom is -0.337 e. The number of hydrogen-bond donors (Lipinski definition) is 2. The Bertz CT molecular complexity index is 423. The summed E-state index contributed by atoms with van der Waals surface area (Å²) in [6.07, 6.45) is 0. The molecule has 5 nitrogen and oxygen atoms in total. The van der Waals surface area contributed by atoms with E-state index in [0.29, 0.717) is 17.8 Å². The third kappa shape index (κ3) is 5.00. The van der Waals surface area contributed by atoms with Crippen LogP contribution in [0.4, 0.5) is 10.5 Å². The lowest BCUT2D eigenvalue weighted by Crippen LogP contribution is -2.34. The first-order valence-electron chi connectivity index (χ1n) is 5.31. The first-order valence-corrected chi connectivity index (χ1v) is 5.31. The second-order valence-corrected chi connectivity index (χ2v) is 3.88. The highest BCUT2D eigenvalue weighted by Crippen LogP contribution is 2.09. The van der Waals surface area contributed by atoms with E-state index in [2.05, 4.69) is 10.6 Å². The summed E-state index contributed by atoms with van der Waals surface area (Å²) in [5, 5.41) is 14.1. The molecule has 0 aliphatic rings. The van der Waals surface area contributed by atoms with Gasteiger partial charge in [-0.3, -0.25) is 0 Å². The van der Waals surface area contributed by atoms with Crippen LogP contribution in [0.1, 0.15) is 5.56 Å². The Morgan fingerprint density at radius 3 is 2.88 bits per heavy atom. The van der Waals surface area contributed by atoms with Crippen molar-refractivity contribution in [1.29, 1.82) is 5.26 Å². The van der Waals surface area contributed by atoms with Crippen molar-refractivity contribution >= 4 is 11.7 Å². The molecule has 0 aliphatic heterocycles. The summed E-state index contributed by atoms with van der Waals surface area (Å²) in [6, 6.07) is 8.55. The number of urea groups is 1. The minimum atomic E-state index is -0.262. The zero-order valence-electron chi connectivity index (χ0n) is 10.0. The average Bonchev–Trinajstić information content (AvgIpc) is 2.28. The minimum absolute atomic E-state index is 0.262. The number of amides is 2. The number of anilines is 1. The molecule has 0 atom stereocenters. The number of rotatable bonds is 4. The van der Waals surface area contributed by atoms with Gasteiger partial charge in [-0.2, -0.15) is 5.26 Å². The Hall–Kier alpha value is -2.06. The molecule has 0 fully saturated rings. The third-order valence-electron chi connectivity index (χ3n) is 2.09. The molecule has 0 radical (unpaired) electrons. The quantitative estimate of drug-likeness (QED) is 0.820. The number of nitrogens with zero attached hydrogens (tertiary/aromatic N) is 2. The summed E-state index contributed by atoms with van der Waals surface area (Å²) in [5.74, 6) is 0. The van der Waals surface area contributed by atoms with Crippen LogP contribution >= 0.6 is 0 Å². The summed E-state index contributed by atoms with van der Waals surface area (Å²) in [7, 11) is 3.88. The summed E-state index contributed by atoms with van der Waals surface area (Å²) < 4.78 is 0. The summed E-state index contributed by atoms with van der Waals surface area (Å²) in [6.45, 7) is 1.36. The molecule has 90 valence electrons. The standard InChI is InChI=1S/C12H16N4O/c1-16(2)7-6-14-12(17)15-11-5-3-4-10(8-11)9-13/h3-5,8H,6-7H2,1-2H3,(H2,14,15,17). The van der Waals surface area contributed by atoms with Crippen LogP contribution in [0.5, 0.6) is 0 Å². The highest BCUT2D eigenvalue weighted by atomic mass is 16.2. The monoisotopic (exact) mass is 232 g/mol. The highest BCUT2D eigenvalue weighted by molar-refractivity contribution is 5.89. The molecule has 0 aliphatic carbocycles. The summed E-state index contributed by atoms with van der Waals surface area (Å²) in [4.78, 5) is 13.5. The van der Waals surface area contributed by atoms with Gasteiger partial charge in [-0.15, -0.1) is 0 Å². The van der Waals surface area contributed by atoms with Gasteiger partial charge in [-0.05, 0) is 32.3 Å². The molecular weight excluding hydrogens is 216 g/mol. The molecule has 0 saturated carbocycles. The lowest BCUT2D eigenvalue weighted by molar-refractivity contribution is 0.250. The van der Waals surface area contributed by atoms with Crippen molar-refractivity contribution in [2.24, 2.45) is 0 Å². The van der Waals surface area contributed by atoms with Crippen LogP contribution < -0.4 is 10.6 Å². The van der Waals surface area contributed by atoms with Gasteiger partial charge in [-0.1, -0.05) is 6.07 Å². The van der Waals surface area contributed by atoms with Gasteiger partial charge in [0, 0.05) is 18.8 Å². The van der Waals surface area contributed by atoms with Crippen molar-refractivity contribution in [3.05, 3.63) is 29.8 Å². The fourth-order valence-corrected chi connectivity index (χ4v) is 1.23. The first-order chi connectivity index (χ1) is 8.11. The first kappa shape index (κ1) is 13.0. The van der Waals surface area contributed by atoms with Crippen molar-refractivity contribution in [3.8, 4) is 6.07 Å². The van der Waals surface area contributed by atoms with Crippen molar-refractivity contribution in [3.63, 3.8) is 0 Å². The maximum atomic E-state index is 11.5. The molecule has 2 N–H and O–H groups in total. The van der Waals surface area contributed by atoms with Crippen LogP contribution in [-0.2, 0) is 0 Å². The number of benzene rings is 1. The fourth-order valence-electron chi connectivity index (χ4n) is 1.23. The molecule has 0 aromatic heterocycles. The van der Waals surface area contributed by atoms with E-state index in [1.807, 2.05) is 25.1 Å². The van der Waals surface area contributed by atoms with Gasteiger partial charge >= 0.3 is 6.03 Å². The molecule has 0 saturated heterocycles. The van der Waals surface area contributed by atoms with Crippen LogP contribution in [0.25, 0.3) is 0 Å². The predicted octanol–water partition coefficient (Wildman–Crippen LogP) is 1.24. The molecule has 0 heterocycles. The van der Waals surface area contributed by atoms with E-state index >= 15 is 0 Å². The van der Waals surface area contributed by atoms with Gasteiger partial charge in [0.25, 0.3) is 0 Å². The molecule has 5 heteroatoms. The molecule has 0 bridgehead atoms. The number of carbonyl (C=O) groups is 1. The molecule has 2 amide bonds. The molecule has 17 heavy (non-hydrogen) atoms. The van der Waals surface area contributed by atoms with E-state index in [-0.39, 0.29) is 6.03 Å². The van der Waals surface area contributed by atoms with Gasteiger partial charge in [0.1, 0.15) is 0 Å². The van der Waals surface area contributed by atoms with Gasteiger partial charge in [0.05, 0.1) is 11.6 Å². The number of hydrogen-bond acceptors (Lipinski definition) is 3. The Labute approximate surface area is 101 Å². The molecule has 1 rings (SSSR count). The fraction of sp³-hybridized carbons (Fsp3) is 0.333. The van der Waals surface area contributed by atoms with E-state index in [1.165, 1.54) is 0 Å². The zero-order chi connectivity index (χ0) is 12.7. The van der Waals surface area contributed by atoms with Crippen LogP contribution in [0, 0.1) is 11.3 Å². The molecule has 0 spiro atoms. The molecule has 1 aromatic rings. The smallest absolute Gasteiger partial charge is 0.319 e. The SMILES string of the molecule is CN(C)CCNC(=O)Nc1cccc(C#N)c1. The summed E-state index contributed by atoms with van der Waals surface area (Å²) in [5.41, 5.74) is 1.14. The van der Waals surface area contributed by atoms with Crippen LogP contribution in [-0.4, -0.2) is 38.1 Å². The largest absolute Gasteiger partial charge is 0.337 e. The predicted molar refractivity (Wildman–Crippen MR) is 66.7 cm³/mol. The Morgan fingerprint density at radius 2 is 2.24 bits per heavy atom.